The molecule has 0 saturated heterocycles. The molecule has 2 aromatic rings. The molecule has 1 amide bonds. The van der Waals surface area contributed by atoms with Gasteiger partial charge in [-0.05, 0) is 47.7 Å². The third-order valence-electron chi connectivity index (χ3n) is 4.51. The van der Waals surface area contributed by atoms with Crippen LogP contribution in [-0.2, 0) is 26.7 Å². The molecule has 0 aliphatic rings. The van der Waals surface area contributed by atoms with E-state index >= 15 is 0 Å². The first-order valence-corrected chi connectivity index (χ1v) is 11.0. The Labute approximate surface area is 173 Å². The maximum atomic E-state index is 12.5. The van der Waals surface area contributed by atoms with Crippen LogP contribution in [0.3, 0.4) is 0 Å². The van der Waals surface area contributed by atoms with Gasteiger partial charge in [-0.1, -0.05) is 45.0 Å². The van der Waals surface area contributed by atoms with Crippen LogP contribution in [0, 0.1) is 0 Å². The summed E-state index contributed by atoms with van der Waals surface area (Å²) in [5, 5.41) is 2.83. The van der Waals surface area contributed by atoms with Gasteiger partial charge in [-0.15, -0.1) is 0 Å². The molecule has 0 saturated carbocycles. The summed E-state index contributed by atoms with van der Waals surface area (Å²) >= 11 is 0. The normalized spacial score (nSPS) is 13.1. The van der Waals surface area contributed by atoms with E-state index in [1.807, 2.05) is 19.1 Å². The van der Waals surface area contributed by atoms with Gasteiger partial charge < -0.3 is 10.1 Å². The summed E-state index contributed by atoms with van der Waals surface area (Å²) in [5.41, 5.74) is 2.31. The quantitative estimate of drug-likeness (QED) is 0.689. The van der Waals surface area contributed by atoms with Crippen LogP contribution in [0.5, 0.6) is 0 Å². The van der Waals surface area contributed by atoms with Crippen molar-refractivity contribution >= 4 is 15.9 Å². The molecule has 158 valence electrons. The van der Waals surface area contributed by atoms with Crippen LogP contribution in [0.15, 0.2) is 53.4 Å². The molecule has 1 atom stereocenters. The second-order valence-electron chi connectivity index (χ2n) is 8.13. The first-order valence-electron chi connectivity index (χ1n) is 9.52. The fourth-order valence-electron chi connectivity index (χ4n) is 2.77. The van der Waals surface area contributed by atoms with Crippen molar-refractivity contribution in [3.05, 3.63) is 65.2 Å². The number of carbonyl (C=O) groups is 1. The fourth-order valence-corrected chi connectivity index (χ4v) is 3.79. The molecule has 7 heteroatoms. The molecular weight excluding hydrogens is 388 g/mol. The van der Waals surface area contributed by atoms with Gasteiger partial charge >= 0.3 is 0 Å². The number of methoxy groups -OCH3 is 1. The van der Waals surface area contributed by atoms with Crippen molar-refractivity contribution in [1.82, 2.24) is 10.0 Å². The van der Waals surface area contributed by atoms with Gasteiger partial charge in [0.25, 0.3) is 5.91 Å². The van der Waals surface area contributed by atoms with Gasteiger partial charge in [-0.3, -0.25) is 4.79 Å². The molecule has 0 bridgehead atoms. The average molecular weight is 419 g/mol. The summed E-state index contributed by atoms with van der Waals surface area (Å²) in [7, 11) is -2.03. The second kappa shape index (κ2) is 9.52. The zero-order valence-corrected chi connectivity index (χ0v) is 18.5. The minimum atomic E-state index is -3.61. The highest BCUT2D eigenvalue weighted by atomic mass is 32.2. The monoisotopic (exact) mass is 418 g/mol. The van der Waals surface area contributed by atoms with E-state index in [1.54, 1.807) is 43.5 Å². The predicted octanol–water partition coefficient (Wildman–Crippen LogP) is 3.23. The number of amides is 1. The van der Waals surface area contributed by atoms with E-state index in [0.717, 1.165) is 11.1 Å². The minimum absolute atomic E-state index is 0.0366. The number of ether oxygens (including phenoxy) is 1. The summed E-state index contributed by atoms with van der Waals surface area (Å²) in [6, 6.07) is 13.7. The molecule has 0 aromatic heterocycles. The molecule has 0 heterocycles. The van der Waals surface area contributed by atoms with Crippen LogP contribution in [-0.4, -0.2) is 34.1 Å². The zero-order chi connectivity index (χ0) is 21.7. The number of hydrogen-bond acceptors (Lipinski definition) is 4. The third-order valence-corrected chi connectivity index (χ3v) is 5.92. The van der Waals surface area contributed by atoms with Gasteiger partial charge in [0.2, 0.25) is 10.0 Å². The van der Waals surface area contributed by atoms with Crippen molar-refractivity contribution in [2.75, 3.05) is 13.7 Å². The molecule has 0 aliphatic heterocycles. The van der Waals surface area contributed by atoms with E-state index in [9.17, 15) is 13.2 Å². The molecule has 0 radical (unpaired) electrons. The molecule has 0 fully saturated rings. The number of rotatable bonds is 8. The predicted molar refractivity (Wildman–Crippen MR) is 114 cm³/mol. The van der Waals surface area contributed by atoms with Crippen molar-refractivity contribution in [3.8, 4) is 0 Å². The van der Waals surface area contributed by atoms with Crippen molar-refractivity contribution in [2.24, 2.45) is 0 Å². The van der Waals surface area contributed by atoms with Crippen LogP contribution in [0.4, 0.5) is 0 Å². The van der Waals surface area contributed by atoms with Gasteiger partial charge in [-0.25, -0.2) is 13.1 Å². The summed E-state index contributed by atoms with van der Waals surface area (Å²) < 4.78 is 32.7. The van der Waals surface area contributed by atoms with E-state index in [1.165, 1.54) is 0 Å². The lowest BCUT2D eigenvalue weighted by Crippen LogP contribution is -2.35. The van der Waals surface area contributed by atoms with E-state index in [0.29, 0.717) is 12.2 Å². The molecule has 2 aromatic carbocycles. The highest BCUT2D eigenvalue weighted by Gasteiger charge is 2.17. The Morgan fingerprint density at radius 3 is 2.14 bits per heavy atom. The zero-order valence-electron chi connectivity index (χ0n) is 17.7. The van der Waals surface area contributed by atoms with E-state index < -0.39 is 10.0 Å². The van der Waals surface area contributed by atoms with Gasteiger partial charge in [0.05, 0.1) is 11.5 Å². The highest BCUT2D eigenvalue weighted by Crippen LogP contribution is 2.23. The number of sulfonamides is 1. The van der Waals surface area contributed by atoms with E-state index in [4.69, 9.17) is 4.74 Å². The molecule has 29 heavy (non-hydrogen) atoms. The van der Waals surface area contributed by atoms with Crippen molar-refractivity contribution < 1.29 is 17.9 Å². The molecule has 1 unspecified atom stereocenters. The molecule has 0 aliphatic carbocycles. The van der Waals surface area contributed by atoms with Crippen LogP contribution in [0.1, 0.15) is 49.2 Å². The van der Waals surface area contributed by atoms with Crippen molar-refractivity contribution in [2.45, 2.75) is 50.6 Å². The Morgan fingerprint density at radius 2 is 1.62 bits per heavy atom. The first-order chi connectivity index (χ1) is 13.5. The largest absolute Gasteiger partial charge is 0.383 e. The summed E-state index contributed by atoms with van der Waals surface area (Å²) in [4.78, 5) is 12.4. The summed E-state index contributed by atoms with van der Waals surface area (Å²) in [5.74, 6) is -0.194. The Kier molecular flexibility index (Phi) is 7.57. The Morgan fingerprint density at radius 1 is 1.03 bits per heavy atom. The van der Waals surface area contributed by atoms with Crippen LogP contribution < -0.4 is 10.0 Å². The van der Waals surface area contributed by atoms with Crippen molar-refractivity contribution in [3.63, 3.8) is 0 Å². The number of carbonyl (C=O) groups excluding carboxylic acids is 1. The summed E-state index contributed by atoms with van der Waals surface area (Å²) in [6.07, 6.45) is 0. The SMILES string of the molecule is COCC(C)NC(=O)c1ccc(CNS(=O)(=O)c2ccc(C(C)(C)C)cc2)cc1. The number of benzene rings is 2. The Balaban J connectivity index is 1.99. The van der Waals surface area contributed by atoms with Crippen molar-refractivity contribution in [1.29, 1.82) is 0 Å². The molecule has 0 spiro atoms. The lowest BCUT2D eigenvalue weighted by molar-refractivity contribution is 0.0905. The Hall–Kier alpha value is -2.22. The van der Waals surface area contributed by atoms with Gasteiger partial charge in [0.15, 0.2) is 0 Å². The molecule has 2 rings (SSSR count). The van der Waals surface area contributed by atoms with Gasteiger partial charge in [0, 0.05) is 25.3 Å². The molecule has 2 N–H and O–H groups in total. The first kappa shape index (κ1) is 23.1. The average Bonchev–Trinajstić information content (AvgIpc) is 2.66. The van der Waals surface area contributed by atoms with Gasteiger partial charge in [-0.2, -0.15) is 0 Å². The maximum absolute atomic E-state index is 12.5. The van der Waals surface area contributed by atoms with Crippen LogP contribution in [0.25, 0.3) is 0 Å². The fraction of sp³-hybridized carbons (Fsp3) is 0.409. The molecular formula is C22H30N2O4S. The van der Waals surface area contributed by atoms with Gasteiger partial charge in [0.1, 0.15) is 0 Å². The number of nitrogens with one attached hydrogen (secondary N) is 2. The minimum Gasteiger partial charge on any atom is -0.383 e. The van der Waals surface area contributed by atoms with E-state index in [-0.39, 0.29) is 28.8 Å². The topological polar surface area (TPSA) is 84.5 Å². The lowest BCUT2D eigenvalue weighted by atomic mass is 9.87. The third kappa shape index (κ3) is 6.66. The smallest absolute Gasteiger partial charge is 0.251 e. The summed E-state index contributed by atoms with van der Waals surface area (Å²) in [6.45, 7) is 8.68. The van der Waals surface area contributed by atoms with Crippen LogP contribution >= 0.6 is 0 Å². The standard InChI is InChI=1S/C22H30N2O4S/c1-16(15-28-5)24-21(25)18-8-6-17(7-9-18)14-23-29(26,27)20-12-10-19(11-13-20)22(2,3)4/h6-13,16,23H,14-15H2,1-5H3,(H,24,25). The van der Waals surface area contributed by atoms with E-state index in [2.05, 4.69) is 30.8 Å². The number of hydrogen-bond donors (Lipinski definition) is 2. The molecule has 6 nitrogen and oxygen atoms in total. The Bertz CT molecular complexity index is 915. The highest BCUT2D eigenvalue weighted by molar-refractivity contribution is 7.89. The second-order valence-corrected chi connectivity index (χ2v) is 9.89. The van der Waals surface area contributed by atoms with Crippen LogP contribution in [0.2, 0.25) is 0 Å². The maximum Gasteiger partial charge on any atom is 0.251 e. The lowest BCUT2D eigenvalue weighted by Gasteiger charge is -2.19.